The van der Waals surface area contributed by atoms with Crippen molar-refractivity contribution in [2.24, 2.45) is 5.92 Å². The molecule has 5 rings (SSSR count). The highest BCUT2D eigenvalue weighted by Gasteiger charge is 2.53. The molecule has 0 spiro atoms. The third-order valence-corrected chi connectivity index (χ3v) is 7.44. The van der Waals surface area contributed by atoms with Crippen LogP contribution in [0.1, 0.15) is 43.2 Å². The molecule has 0 radical (unpaired) electrons. The summed E-state index contributed by atoms with van der Waals surface area (Å²) in [5, 5.41) is 0. The zero-order valence-electron chi connectivity index (χ0n) is 15.2. The van der Waals surface area contributed by atoms with Crippen LogP contribution in [0.25, 0.3) is 0 Å². The van der Waals surface area contributed by atoms with Crippen molar-refractivity contribution in [1.29, 1.82) is 0 Å². The average molecular weight is 413 g/mol. The highest BCUT2D eigenvalue weighted by molar-refractivity contribution is 9.10. The van der Waals surface area contributed by atoms with E-state index in [1.165, 1.54) is 50.6 Å². The topological polar surface area (TPSA) is 25.4 Å². The molecule has 26 heavy (non-hydrogen) atoms. The Morgan fingerprint density at radius 2 is 2.12 bits per heavy atom. The van der Waals surface area contributed by atoms with Gasteiger partial charge in [-0.3, -0.25) is 0 Å². The highest BCUT2D eigenvalue weighted by Crippen LogP contribution is 2.56. The van der Waals surface area contributed by atoms with E-state index in [0.717, 1.165) is 22.3 Å². The van der Waals surface area contributed by atoms with Gasteiger partial charge < -0.3 is 9.64 Å². The molecule has 136 valence electrons. The smallest absolute Gasteiger partial charge is 0.220 e. The molecule has 1 aromatic carbocycles. The second kappa shape index (κ2) is 6.35. The number of fused-ring (bicyclic) bond motifs is 1. The lowest BCUT2D eigenvalue weighted by Crippen LogP contribution is -2.59. The van der Waals surface area contributed by atoms with Gasteiger partial charge in [-0.05, 0) is 90.4 Å². The molecule has 0 unspecified atom stereocenters. The Kier molecular flexibility index (Phi) is 4.09. The van der Waals surface area contributed by atoms with Crippen molar-refractivity contribution in [1.82, 2.24) is 9.88 Å². The minimum atomic E-state index is 0.368. The lowest BCUT2D eigenvalue weighted by molar-refractivity contribution is 0.00276. The molecule has 1 saturated carbocycles. The van der Waals surface area contributed by atoms with Crippen molar-refractivity contribution in [3.8, 4) is 11.6 Å². The van der Waals surface area contributed by atoms with Crippen molar-refractivity contribution < 1.29 is 4.74 Å². The van der Waals surface area contributed by atoms with Gasteiger partial charge in [-0.1, -0.05) is 25.0 Å². The molecule has 1 aromatic heterocycles. The Morgan fingerprint density at radius 3 is 3.00 bits per heavy atom. The fraction of sp³-hybridized carbons (Fsp3) is 0.500. The normalized spacial score (nSPS) is 30.4. The molecule has 3 atom stereocenters. The fourth-order valence-electron chi connectivity index (χ4n) is 5.81. The van der Waals surface area contributed by atoms with Crippen LogP contribution in [0, 0.1) is 5.92 Å². The minimum absolute atomic E-state index is 0.368. The number of halogens is 1. The first kappa shape index (κ1) is 16.8. The Hall–Kier alpha value is -1.39. The van der Waals surface area contributed by atoms with Gasteiger partial charge in [-0.25, -0.2) is 4.98 Å². The van der Waals surface area contributed by atoms with Crippen LogP contribution < -0.4 is 4.74 Å². The van der Waals surface area contributed by atoms with E-state index in [-0.39, 0.29) is 0 Å². The number of hydrogen-bond donors (Lipinski definition) is 0. The summed E-state index contributed by atoms with van der Waals surface area (Å²) in [6.45, 7) is 1.22. The van der Waals surface area contributed by atoms with Crippen LogP contribution in [0.15, 0.2) is 41.0 Å². The Morgan fingerprint density at radius 1 is 1.19 bits per heavy atom. The quantitative estimate of drug-likeness (QED) is 0.623. The summed E-state index contributed by atoms with van der Waals surface area (Å²) in [5.41, 5.74) is 3.47. The number of rotatable bonds is 2. The zero-order chi connectivity index (χ0) is 17.7. The second-order valence-corrected chi connectivity index (χ2v) is 9.04. The van der Waals surface area contributed by atoms with Gasteiger partial charge in [-0.2, -0.15) is 0 Å². The van der Waals surface area contributed by atoms with Gasteiger partial charge in [0.15, 0.2) is 0 Å². The van der Waals surface area contributed by atoms with Crippen LogP contribution in [-0.4, -0.2) is 29.5 Å². The molecule has 3 nitrogen and oxygen atoms in total. The monoisotopic (exact) mass is 412 g/mol. The maximum absolute atomic E-state index is 6.11. The molecular weight excluding hydrogens is 388 g/mol. The van der Waals surface area contributed by atoms with Crippen LogP contribution in [0.5, 0.6) is 11.6 Å². The van der Waals surface area contributed by atoms with E-state index >= 15 is 0 Å². The standard InChI is InChI=1S/C22H25BrN2O/c1-25-12-11-22-10-3-2-5-17(22)19(25)13-15-8-9-16(14-18(15)22)26-21-7-4-6-20(23)24-21/h4,6-9,14,17,19H,2-3,5,10-13H2,1H3/t17-,19+,22+/m1/s1. The summed E-state index contributed by atoms with van der Waals surface area (Å²) in [7, 11) is 2.32. The molecular formula is C22H25BrN2O. The van der Waals surface area contributed by atoms with Gasteiger partial charge in [0, 0.05) is 17.5 Å². The number of likely N-dealkylation sites (tertiary alicyclic amines) is 1. The molecule has 2 fully saturated rings. The SMILES string of the molecule is CN1CC[C@@]23CCCC[C@@H]2[C@@H]1Cc1ccc(Oc2cccc(Br)n2)cc13. The van der Waals surface area contributed by atoms with Gasteiger partial charge in [-0.15, -0.1) is 0 Å². The Balaban J connectivity index is 1.55. The van der Waals surface area contributed by atoms with Crippen LogP contribution in [0.4, 0.5) is 0 Å². The van der Waals surface area contributed by atoms with Gasteiger partial charge in [0.05, 0.1) is 0 Å². The Labute approximate surface area is 163 Å². The summed E-state index contributed by atoms with van der Waals surface area (Å²) in [6, 6.07) is 13.3. The molecule has 2 aromatic rings. The minimum Gasteiger partial charge on any atom is -0.439 e. The van der Waals surface area contributed by atoms with E-state index < -0.39 is 0 Å². The first-order valence-electron chi connectivity index (χ1n) is 9.80. The van der Waals surface area contributed by atoms with Crippen LogP contribution in [0.2, 0.25) is 0 Å². The van der Waals surface area contributed by atoms with Crippen LogP contribution in [0.3, 0.4) is 0 Å². The first-order valence-corrected chi connectivity index (χ1v) is 10.6. The van der Waals surface area contributed by atoms with Gasteiger partial charge >= 0.3 is 0 Å². The van der Waals surface area contributed by atoms with E-state index in [4.69, 9.17) is 4.74 Å². The van der Waals surface area contributed by atoms with Crippen molar-refractivity contribution in [2.45, 2.75) is 50.0 Å². The summed E-state index contributed by atoms with van der Waals surface area (Å²) in [5.74, 6) is 2.38. The number of likely N-dealkylation sites (N-methyl/N-ethyl adjacent to an activating group) is 1. The number of nitrogens with zero attached hydrogens (tertiary/aromatic N) is 2. The predicted molar refractivity (Wildman–Crippen MR) is 107 cm³/mol. The lowest BCUT2D eigenvalue weighted by atomic mass is 9.52. The summed E-state index contributed by atoms with van der Waals surface area (Å²) in [4.78, 5) is 7.04. The molecule has 1 aliphatic heterocycles. The number of pyridine rings is 1. The summed E-state index contributed by atoms with van der Waals surface area (Å²) < 4.78 is 6.91. The van der Waals surface area contributed by atoms with Crippen molar-refractivity contribution in [3.05, 3.63) is 52.1 Å². The van der Waals surface area contributed by atoms with Gasteiger partial charge in [0.2, 0.25) is 5.88 Å². The molecule has 4 heteroatoms. The molecule has 2 bridgehead atoms. The number of benzene rings is 1. The largest absolute Gasteiger partial charge is 0.439 e. The van der Waals surface area contributed by atoms with Crippen LogP contribution in [-0.2, 0) is 11.8 Å². The second-order valence-electron chi connectivity index (χ2n) is 8.23. The maximum atomic E-state index is 6.11. The maximum Gasteiger partial charge on any atom is 0.220 e. The van der Waals surface area contributed by atoms with Crippen molar-refractivity contribution >= 4 is 15.9 Å². The fourth-order valence-corrected chi connectivity index (χ4v) is 6.13. The third-order valence-electron chi connectivity index (χ3n) is 7.00. The van der Waals surface area contributed by atoms with Crippen molar-refractivity contribution in [3.63, 3.8) is 0 Å². The lowest BCUT2D eigenvalue weighted by Gasteiger charge is -2.58. The van der Waals surface area contributed by atoms with E-state index in [2.05, 4.69) is 51.1 Å². The highest BCUT2D eigenvalue weighted by atomic mass is 79.9. The summed E-state index contributed by atoms with van der Waals surface area (Å²) >= 11 is 3.42. The van der Waals surface area contributed by atoms with E-state index in [1.54, 1.807) is 5.56 Å². The summed E-state index contributed by atoms with van der Waals surface area (Å²) in [6.07, 6.45) is 7.96. The number of hydrogen-bond acceptors (Lipinski definition) is 3. The average Bonchev–Trinajstić information content (AvgIpc) is 2.65. The third kappa shape index (κ3) is 2.61. The van der Waals surface area contributed by atoms with Crippen LogP contribution >= 0.6 is 15.9 Å². The zero-order valence-corrected chi connectivity index (χ0v) is 16.8. The first-order chi connectivity index (χ1) is 12.7. The number of piperidine rings is 1. The van der Waals surface area contributed by atoms with E-state index in [1.807, 2.05) is 18.2 Å². The molecule has 3 aliphatic rings. The van der Waals surface area contributed by atoms with E-state index in [0.29, 0.717) is 11.3 Å². The number of ether oxygens (including phenoxy) is 1. The van der Waals surface area contributed by atoms with Crippen molar-refractivity contribution in [2.75, 3.05) is 13.6 Å². The molecule has 2 aliphatic carbocycles. The Bertz CT molecular complexity index is 839. The van der Waals surface area contributed by atoms with Gasteiger partial charge in [0.25, 0.3) is 0 Å². The molecule has 1 saturated heterocycles. The number of aromatic nitrogens is 1. The molecule has 0 amide bonds. The van der Waals surface area contributed by atoms with E-state index in [9.17, 15) is 0 Å². The van der Waals surface area contributed by atoms with Gasteiger partial charge in [0.1, 0.15) is 10.4 Å². The predicted octanol–water partition coefficient (Wildman–Crippen LogP) is 5.32. The molecule has 2 heterocycles. The molecule has 0 N–H and O–H groups in total.